The van der Waals surface area contributed by atoms with Gasteiger partial charge in [-0.25, -0.2) is 4.68 Å². The van der Waals surface area contributed by atoms with Crippen LogP contribution in [-0.4, -0.2) is 22.1 Å². The van der Waals surface area contributed by atoms with Crippen LogP contribution < -0.4 is 0 Å². The Hall–Kier alpha value is -1.42. The van der Waals surface area contributed by atoms with Crippen LogP contribution in [0.4, 0.5) is 0 Å². The monoisotopic (exact) mass is 191 g/mol. The van der Waals surface area contributed by atoms with Crippen LogP contribution in [0.5, 0.6) is 0 Å². The zero-order chi connectivity index (χ0) is 10.2. The molecule has 1 heterocycles. The van der Waals surface area contributed by atoms with E-state index in [1.54, 1.807) is 11.8 Å². The Morgan fingerprint density at radius 1 is 1.29 bits per heavy atom. The fraction of sp³-hybridized carbons (Fsp3) is 0.400. The van der Waals surface area contributed by atoms with Crippen molar-refractivity contribution in [3.63, 3.8) is 0 Å². The molecule has 0 radical (unpaired) electrons. The summed E-state index contributed by atoms with van der Waals surface area (Å²) >= 11 is 0. The van der Waals surface area contributed by atoms with E-state index < -0.39 is 5.72 Å². The number of aromatic nitrogens is 3. The molecule has 2 rings (SSSR count). The molecule has 0 atom stereocenters. The summed E-state index contributed by atoms with van der Waals surface area (Å²) in [5.74, 6) is 0. The molecule has 1 aromatic carbocycles. The fourth-order valence-corrected chi connectivity index (χ4v) is 1.35. The quantitative estimate of drug-likeness (QED) is 0.726. The first kappa shape index (κ1) is 9.15. The Balaban J connectivity index is 2.64. The highest BCUT2D eigenvalue weighted by atomic mass is 16.5. The highest BCUT2D eigenvalue weighted by Gasteiger charge is 2.22. The molecule has 0 unspecified atom stereocenters. The Morgan fingerprint density at radius 3 is 2.71 bits per heavy atom. The maximum Gasteiger partial charge on any atom is 0.157 e. The number of ether oxygens (including phenoxy) is 1. The van der Waals surface area contributed by atoms with Crippen molar-refractivity contribution < 1.29 is 4.74 Å². The molecule has 2 aromatic rings. The van der Waals surface area contributed by atoms with Gasteiger partial charge in [0, 0.05) is 7.11 Å². The maximum atomic E-state index is 5.35. The Bertz CT molecular complexity index is 447. The highest BCUT2D eigenvalue weighted by Crippen LogP contribution is 2.20. The molecule has 0 N–H and O–H groups in total. The molecule has 0 fully saturated rings. The first-order chi connectivity index (χ1) is 6.65. The number of fused-ring (bicyclic) bond motifs is 1. The third-order valence-corrected chi connectivity index (χ3v) is 2.36. The van der Waals surface area contributed by atoms with Crippen LogP contribution in [0.3, 0.4) is 0 Å². The summed E-state index contributed by atoms with van der Waals surface area (Å²) in [4.78, 5) is 0. The average Bonchev–Trinajstić information content (AvgIpc) is 2.61. The zero-order valence-electron chi connectivity index (χ0n) is 8.56. The van der Waals surface area contributed by atoms with Gasteiger partial charge in [0.15, 0.2) is 5.72 Å². The van der Waals surface area contributed by atoms with Crippen LogP contribution in [0.25, 0.3) is 11.0 Å². The normalized spacial score (nSPS) is 12.2. The highest BCUT2D eigenvalue weighted by molar-refractivity contribution is 5.74. The molecule has 74 valence electrons. The maximum absolute atomic E-state index is 5.35. The molecule has 0 amide bonds. The Labute approximate surface area is 82.5 Å². The Morgan fingerprint density at radius 2 is 2.00 bits per heavy atom. The number of rotatable bonds is 2. The van der Waals surface area contributed by atoms with Crippen LogP contribution in [0.1, 0.15) is 13.8 Å². The summed E-state index contributed by atoms with van der Waals surface area (Å²) in [7, 11) is 1.66. The van der Waals surface area contributed by atoms with Gasteiger partial charge in [-0.15, -0.1) is 5.10 Å². The van der Waals surface area contributed by atoms with Crippen molar-refractivity contribution in [2.24, 2.45) is 0 Å². The number of hydrogen-bond acceptors (Lipinski definition) is 3. The van der Waals surface area contributed by atoms with E-state index in [0.29, 0.717) is 0 Å². The molecule has 0 aliphatic rings. The summed E-state index contributed by atoms with van der Waals surface area (Å²) in [5.41, 5.74) is 1.41. The lowest BCUT2D eigenvalue weighted by Crippen LogP contribution is -2.29. The van der Waals surface area contributed by atoms with Gasteiger partial charge in [0.1, 0.15) is 5.52 Å². The molecule has 1 aromatic heterocycles. The van der Waals surface area contributed by atoms with Crippen molar-refractivity contribution in [3.8, 4) is 0 Å². The number of benzene rings is 1. The lowest BCUT2D eigenvalue weighted by atomic mass is 10.2. The predicted molar refractivity (Wildman–Crippen MR) is 53.9 cm³/mol. The summed E-state index contributed by atoms with van der Waals surface area (Å²) in [6.45, 7) is 3.90. The summed E-state index contributed by atoms with van der Waals surface area (Å²) in [6, 6.07) is 7.83. The topological polar surface area (TPSA) is 39.9 Å². The van der Waals surface area contributed by atoms with Gasteiger partial charge < -0.3 is 4.74 Å². The van der Waals surface area contributed by atoms with Crippen LogP contribution in [0.15, 0.2) is 24.3 Å². The largest absolute Gasteiger partial charge is 0.358 e. The molecule has 4 heteroatoms. The predicted octanol–water partition coefficient (Wildman–Crippen LogP) is 1.77. The van der Waals surface area contributed by atoms with E-state index in [9.17, 15) is 0 Å². The SMILES string of the molecule is COC(C)(C)n1nnc2ccccc21. The number of hydrogen-bond donors (Lipinski definition) is 0. The van der Waals surface area contributed by atoms with Crippen LogP contribution >= 0.6 is 0 Å². The first-order valence-electron chi connectivity index (χ1n) is 4.51. The van der Waals surface area contributed by atoms with Crippen molar-refractivity contribution in [1.82, 2.24) is 15.0 Å². The third kappa shape index (κ3) is 1.28. The molecule has 14 heavy (non-hydrogen) atoms. The second kappa shape index (κ2) is 3.06. The van der Waals surface area contributed by atoms with Gasteiger partial charge in [0.05, 0.1) is 5.52 Å². The van der Waals surface area contributed by atoms with E-state index in [4.69, 9.17) is 4.74 Å². The summed E-state index contributed by atoms with van der Waals surface area (Å²) < 4.78 is 7.13. The zero-order valence-corrected chi connectivity index (χ0v) is 8.56. The van der Waals surface area contributed by atoms with E-state index in [0.717, 1.165) is 11.0 Å². The molecular formula is C10H13N3O. The Kier molecular flexibility index (Phi) is 2.00. The van der Waals surface area contributed by atoms with Crippen LogP contribution in [0, 0.1) is 0 Å². The van der Waals surface area contributed by atoms with E-state index in [-0.39, 0.29) is 0 Å². The van der Waals surface area contributed by atoms with Gasteiger partial charge in [-0.05, 0) is 26.0 Å². The number of methoxy groups -OCH3 is 1. The molecular weight excluding hydrogens is 178 g/mol. The molecule has 0 aliphatic carbocycles. The van der Waals surface area contributed by atoms with Gasteiger partial charge in [0.2, 0.25) is 0 Å². The van der Waals surface area contributed by atoms with Gasteiger partial charge in [-0.1, -0.05) is 17.3 Å². The standard InChI is InChI=1S/C10H13N3O/c1-10(2,14-3)13-9-7-5-4-6-8(9)11-12-13/h4-7H,1-3H3. The number of nitrogens with zero attached hydrogens (tertiary/aromatic N) is 3. The van der Waals surface area contributed by atoms with E-state index in [1.165, 1.54) is 0 Å². The minimum absolute atomic E-state index is 0.462. The van der Waals surface area contributed by atoms with Crippen molar-refractivity contribution in [1.29, 1.82) is 0 Å². The fourth-order valence-electron chi connectivity index (χ4n) is 1.35. The van der Waals surface area contributed by atoms with Crippen molar-refractivity contribution in [3.05, 3.63) is 24.3 Å². The van der Waals surface area contributed by atoms with E-state index in [1.807, 2.05) is 38.1 Å². The van der Waals surface area contributed by atoms with Gasteiger partial charge in [0.25, 0.3) is 0 Å². The average molecular weight is 191 g/mol. The molecule has 0 spiro atoms. The molecule has 0 saturated heterocycles. The van der Waals surface area contributed by atoms with Crippen LogP contribution in [-0.2, 0) is 10.5 Å². The number of para-hydroxylation sites is 1. The lowest BCUT2D eigenvalue weighted by molar-refractivity contribution is -0.0525. The molecule has 0 bridgehead atoms. The second-order valence-electron chi connectivity index (χ2n) is 3.64. The van der Waals surface area contributed by atoms with Crippen molar-refractivity contribution in [2.75, 3.05) is 7.11 Å². The van der Waals surface area contributed by atoms with E-state index in [2.05, 4.69) is 10.3 Å². The first-order valence-corrected chi connectivity index (χ1v) is 4.51. The van der Waals surface area contributed by atoms with Gasteiger partial charge in [-0.2, -0.15) is 0 Å². The van der Waals surface area contributed by atoms with E-state index >= 15 is 0 Å². The van der Waals surface area contributed by atoms with Gasteiger partial charge >= 0.3 is 0 Å². The van der Waals surface area contributed by atoms with Crippen molar-refractivity contribution >= 4 is 11.0 Å². The second-order valence-corrected chi connectivity index (χ2v) is 3.64. The minimum Gasteiger partial charge on any atom is -0.358 e. The molecule has 0 saturated carbocycles. The van der Waals surface area contributed by atoms with Crippen molar-refractivity contribution in [2.45, 2.75) is 19.6 Å². The van der Waals surface area contributed by atoms with Crippen LogP contribution in [0.2, 0.25) is 0 Å². The summed E-state index contributed by atoms with van der Waals surface area (Å²) in [6.07, 6.45) is 0. The van der Waals surface area contributed by atoms with Gasteiger partial charge in [-0.3, -0.25) is 0 Å². The smallest absolute Gasteiger partial charge is 0.157 e. The molecule has 0 aliphatic heterocycles. The molecule has 4 nitrogen and oxygen atoms in total. The third-order valence-electron chi connectivity index (χ3n) is 2.36. The lowest BCUT2D eigenvalue weighted by Gasteiger charge is -2.23. The minimum atomic E-state index is -0.462. The summed E-state index contributed by atoms with van der Waals surface area (Å²) in [5, 5.41) is 8.15.